The van der Waals surface area contributed by atoms with Crippen molar-refractivity contribution in [2.45, 2.75) is 12.6 Å². The molecule has 0 spiro atoms. The lowest BCUT2D eigenvalue weighted by atomic mass is 10.1. The highest BCUT2D eigenvalue weighted by Crippen LogP contribution is 2.33. The van der Waals surface area contributed by atoms with Crippen molar-refractivity contribution in [3.63, 3.8) is 0 Å². The number of benzene rings is 2. The summed E-state index contributed by atoms with van der Waals surface area (Å²) in [5.74, 6) is 0. The van der Waals surface area contributed by atoms with E-state index in [2.05, 4.69) is 44.8 Å². The van der Waals surface area contributed by atoms with E-state index in [1.54, 1.807) is 0 Å². The average molecular weight is 317 g/mol. The number of anilines is 1. The van der Waals surface area contributed by atoms with E-state index < -0.39 is 0 Å². The molecule has 1 aliphatic heterocycles. The van der Waals surface area contributed by atoms with Gasteiger partial charge in [0.25, 0.3) is 0 Å². The van der Waals surface area contributed by atoms with E-state index in [0.29, 0.717) is 6.10 Å². The molecule has 0 radical (unpaired) electrons. The fourth-order valence-corrected chi connectivity index (χ4v) is 3.03. The van der Waals surface area contributed by atoms with Crippen molar-refractivity contribution in [1.82, 2.24) is 4.57 Å². The summed E-state index contributed by atoms with van der Waals surface area (Å²) >= 11 is 3.54. The number of fused-ring (bicyclic) bond motifs is 3. The van der Waals surface area contributed by atoms with Gasteiger partial charge >= 0.3 is 0 Å². The molecule has 1 saturated heterocycles. The Balaban J connectivity index is 2.09. The lowest BCUT2D eigenvalue weighted by Crippen LogP contribution is -2.03. The van der Waals surface area contributed by atoms with E-state index in [1.807, 2.05) is 12.1 Å². The summed E-state index contributed by atoms with van der Waals surface area (Å²) in [7, 11) is 0. The van der Waals surface area contributed by atoms with Crippen molar-refractivity contribution in [3.05, 3.63) is 40.9 Å². The van der Waals surface area contributed by atoms with Gasteiger partial charge in [-0.05, 0) is 36.4 Å². The fourth-order valence-electron chi connectivity index (χ4n) is 2.67. The molecule has 0 amide bonds. The summed E-state index contributed by atoms with van der Waals surface area (Å²) in [6, 6.07) is 12.5. The van der Waals surface area contributed by atoms with Crippen LogP contribution in [0.25, 0.3) is 21.8 Å². The Bertz CT molecular complexity index is 730. The molecule has 2 N–H and O–H groups in total. The molecule has 1 aliphatic rings. The third-order valence-corrected chi connectivity index (χ3v) is 4.13. The molecule has 3 aromatic rings. The number of nitrogens with zero attached hydrogens (tertiary/aromatic N) is 1. The minimum atomic E-state index is 0.361. The number of epoxide rings is 1. The van der Waals surface area contributed by atoms with Crippen LogP contribution in [-0.2, 0) is 11.3 Å². The van der Waals surface area contributed by atoms with Crippen molar-refractivity contribution in [3.8, 4) is 0 Å². The van der Waals surface area contributed by atoms with E-state index in [4.69, 9.17) is 10.5 Å². The quantitative estimate of drug-likeness (QED) is 0.580. The predicted molar refractivity (Wildman–Crippen MR) is 81.3 cm³/mol. The number of aromatic nitrogens is 1. The minimum Gasteiger partial charge on any atom is -0.399 e. The first kappa shape index (κ1) is 11.3. The molecule has 0 aliphatic carbocycles. The van der Waals surface area contributed by atoms with Crippen LogP contribution in [0.15, 0.2) is 40.9 Å². The van der Waals surface area contributed by atoms with E-state index >= 15 is 0 Å². The zero-order chi connectivity index (χ0) is 13.0. The van der Waals surface area contributed by atoms with E-state index in [-0.39, 0.29) is 0 Å². The lowest BCUT2D eigenvalue weighted by molar-refractivity contribution is 0.387. The maximum atomic E-state index is 5.93. The number of rotatable bonds is 2. The maximum Gasteiger partial charge on any atom is 0.0988 e. The normalized spacial score (nSPS) is 18.3. The molecule has 0 bridgehead atoms. The molecular formula is C15H13BrN2O. The molecule has 4 heteroatoms. The van der Waals surface area contributed by atoms with Crippen LogP contribution in [0.4, 0.5) is 5.69 Å². The van der Waals surface area contributed by atoms with Gasteiger partial charge < -0.3 is 15.0 Å². The summed E-state index contributed by atoms with van der Waals surface area (Å²) in [6.45, 7) is 1.78. The summed E-state index contributed by atoms with van der Waals surface area (Å²) in [6.07, 6.45) is 0.361. The van der Waals surface area contributed by atoms with Gasteiger partial charge in [0.1, 0.15) is 0 Å². The van der Waals surface area contributed by atoms with Gasteiger partial charge in [0.2, 0.25) is 0 Å². The van der Waals surface area contributed by atoms with Crippen molar-refractivity contribution < 1.29 is 4.74 Å². The molecule has 96 valence electrons. The Labute approximate surface area is 119 Å². The van der Waals surface area contributed by atoms with Crippen LogP contribution in [0.2, 0.25) is 0 Å². The summed E-state index contributed by atoms with van der Waals surface area (Å²) in [5, 5.41) is 2.44. The lowest BCUT2D eigenvalue weighted by Gasteiger charge is -2.04. The predicted octanol–water partition coefficient (Wildman–Crippen LogP) is 3.54. The fraction of sp³-hybridized carbons (Fsp3) is 0.200. The SMILES string of the molecule is Nc1ccc2c(c1)c1cc(Br)ccc1n2CC1CO1. The third-order valence-electron chi connectivity index (χ3n) is 3.64. The van der Waals surface area contributed by atoms with Gasteiger partial charge in [-0.25, -0.2) is 0 Å². The molecule has 1 atom stereocenters. The van der Waals surface area contributed by atoms with Gasteiger partial charge in [-0.1, -0.05) is 15.9 Å². The van der Waals surface area contributed by atoms with Crippen molar-refractivity contribution >= 4 is 43.4 Å². The largest absolute Gasteiger partial charge is 0.399 e. The van der Waals surface area contributed by atoms with Crippen molar-refractivity contribution in [2.24, 2.45) is 0 Å². The molecule has 1 unspecified atom stereocenters. The van der Waals surface area contributed by atoms with Gasteiger partial charge in [-0.3, -0.25) is 0 Å². The van der Waals surface area contributed by atoms with Gasteiger partial charge in [0, 0.05) is 32.0 Å². The number of halogens is 1. The van der Waals surface area contributed by atoms with Crippen LogP contribution in [0, 0.1) is 0 Å². The van der Waals surface area contributed by atoms with E-state index in [1.165, 1.54) is 21.8 Å². The number of nitrogens with two attached hydrogens (primary N) is 1. The molecule has 4 rings (SSSR count). The zero-order valence-electron chi connectivity index (χ0n) is 10.3. The van der Waals surface area contributed by atoms with Crippen LogP contribution in [-0.4, -0.2) is 17.3 Å². The van der Waals surface area contributed by atoms with Crippen LogP contribution < -0.4 is 5.73 Å². The number of ether oxygens (including phenoxy) is 1. The average Bonchev–Trinajstić information content (AvgIpc) is 3.16. The van der Waals surface area contributed by atoms with Crippen LogP contribution >= 0.6 is 15.9 Å². The van der Waals surface area contributed by atoms with Crippen molar-refractivity contribution in [1.29, 1.82) is 0 Å². The van der Waals surface area contributed by atoms with Crippen molar-refractivity contribution in [2.75, 3.05) is 12.3 Å². The number of hydrogen-bond donors (Lipinski definition) is 1. The Morgan fingerprint density at radius 3 is 2.58 bits per heavy atom. The number of hydrogen-bond acceptors (Lipinski definition) is 2. The van der Waals surface area contributed by atoms with E-state index in [9.17, 15) is 0 Å². The molecule has 3 nitrogen and oxygen atoms in total. The van der Waals surface area contributed by atoms with E-state index in [0.717, 1.165) is 23.3 Å². The number of nitrogen functional groups attached to an aromatic ring is 1. The van der Waals surface area contributed by atoms with Gasteiger partial charge in [-0.15, -0.1) is 0 Å². The van der Waals surface area contributed by atoms with Gasteiger partial charge in [-0.2, -0.15) is 0 Å². The second kappa shape index (κ2) is 3.99. The summed E-state index contributed by atoms with van der Waals surface area (Å²) in [5.41, 5.74) is 9.19. The standard InChI is InChI=1S/C15H13BrN2O/c16-9-1-3-14-12(5-9)13-6-10(17)2-4-15(13)18(14)7-11-8-19-11/h1-6,11H,7-8,17H2. The summed E-state index contributed by atoms with van der Waals surface area (Å²) in [4.78, 5) is 0. The second-order valence-electron chi connectivity index (χ2n) is 5.00. The molecule has 2 heterocycles. The Hall–Kier alpha value is -1.52. The Morgan fingerprint density at radius 1 is 1.16 bits per heavy atom. The minimum absolute atomic E-state index is 0.361. The molecule has 2 aromatic carbocycles. The van der Waals surface area contributed by atoms with Crippen LogP contribution in [0.3, 0.4) is 0 Å². The molecular weight excluding hydrogens is 304 g/mol. The highest BCUT2D eigenvalue weighted by molar-refractivity contribution is 9.10. The molecule has 1 aromatic heterocycles. The topological polar surface area (TPSA) is 43.5 Å². The highest BCUT2D eigenvalue weighted by Gasteiger charge is 2.24. The van der Waals surface area contributed by atoms with Crippen LogP contribution in [0.5, 0.6) is 0 Å². The molecule has 0 saturated carbocycles. The molecule has 19 heavy (non-hydrogen) atoms. The smallest absolute Gasteiger partial charge is 0.0988 e. The monoisotopic (exact) mass is 316 g/mol. The first-order chi connectivity index (χ1) is 9.22. The highest BCUT2D eigenvalue weighted by atomic mass is 79.9. The van der Waals surface area contributed by atoms with Gasteiger partial charge in [0.15, 0.2) is 0 Å². The second-order valence-corrected chi connectivity index (χ2v) is 5.92. The first-order valence-corrected chi connectivity index (χ1v) is 7.10. The maximum absolute atomic E-state index is 5.93. The molecule has 1 fully saturated rings. The first-order valence-electron chi connectivity index (χ1n) is 6.31. The zero-order valence-corrected chi connectivity index (χ0v) is 11.9. The van der Waals surface area contributed by atoms with Crippen LogP contribution in [0.1, 0.15) is 0 Å². The van der Waals surface area contributed by atoms with Gasteiger partial charge in [0.05, 0.1) is 19.3 Å². The Morgan fingerprint density at radius 2 is 1.84 bits per heavy atom. The Kier molecular flexibility index (Phi) is 2.37. The summed E-state index contributed by atoms with van der Waals surface area (Å²) < 4.78 is 8.79. The third kappa shape index (κ3) is 1.83.